The van der Waals surface area contributed by atoms with Gasteiger partial charge >= 0.3 is 19.5 Å². The standard InChI is InChI=1S/2C26H23P2.Rh/c2*1-5-13-23(14-6-1)27(24-15-7-2-8-16-24)21-22-28(25-17-9-3-10-18-25)26-19-11-4-12-20-26;/h2*1-21H,22H2;/q2*-1;+2. The molecule has 0 N–H and O–H groups in total. The Morgan fingerprint density at radius 3 is 0.561 bits per heavy atom. The second-order valence-electron chi connectivity index (χ2n) is 13.0. The van der Waals surface area contributed by atoms with Crippen molar-refractivity contribution in [1.29, 1.82) is 0 Å². The molecule has 1 radical (unpaired) electrons. The molecular weight excluding hydrogens is 851 g/mol. The van der Waals surface area contributed by atoms with E-state index in [0.717, 1.165) is 12.3 Å². The monoisotopic (exact) mass is 897 g/mol. The van der Waals surface area contributed by atoms with Gasteiger partial charge in [-0.2, -0.15) is 0 Å². The molecule has 0 amide bonds. The van der Waals surface area contributed by atoms with Gasteiger partial charge in [-0.3, -0.25) is 12.3 Å². The molecule has 8 aromatic carbocycles. The fourth-order valence-corrected chi connectivity index (χ4v) is 16.1. The molecule has 0 nitrogen and oxygen atoms in total. The number of benzene rings is 8. The van der Waals surface area contributed by atoms with Crippen molar-refractivity contribution in [3.05, 3.63) is 255 Å². The average molecular weight is 898 g/mol. The normalized spacial score (nSPS) is 10.9. The van der Waals surface area contributed by atoms with Crippen LogP contribution in [-0.2, 0) is 19.5 Å². The Morgan fingerprint density at radius 1 is 0.228 bits per heavy atom. The van der Waals surface area contributed by atoms with Crippen molar-refractivity contribution >= 4 is 74.1 Å². The van der Waals surface area contributed by atoms with E-state index >= 15 is 0 Å². The van der Waals surface area contributed by atoms with Gasteiger partial charge in [-0.1, -0.05) is 280 Å². The molecule has 0 aliphatic heterocycles. The van der Waals surface area contributed by atoms with Gasteiger partial charge in [0.1, 0.15) is 0 Å². The Kier molecular flexibility index (Phi) is 17.6. The Hall–Kier alpha value is -3.90. The van der Waals surface area contributed by atoms with Crippen molar-refractivity contribution in [1.82, 2.24) is 0 Å². The fourth-order valence-electron chi connectivity index (χ4n) is 6.55. The Labute approximate surface area is 358 Å². The molecule has 0 fully saturated rings. The quantitative estimate of drug-likeness (QED) is 0.0580. The number of hydrogen-bond acceptors (Lipinski definition) is 0. The van der Waals surface area contributed by atoms with Crippen molar-refractivity contribution in [2.45, 2.75) is 0 Å². The zero-order chi connectivity index (χ0) is 38.0. The minimum Gasteiger partial charge on any atom is -0.289 e. The SMILES string of the molecule is [Rh+2].c1ccc(P([CH-]CP(c2ccccc2)c2ccccc2)c2ccccc2)cc1.c1ccc(P([CH-]CP(c2ccccc2)c2ccccc2)c2ccccc2)cc1. The van der Waals surface area contributed by atoms with Crippen LogP contribution < -0.4 is 42.4 Å². The molecule has 0 aromatic heterocycles. The van der Waals surface area contributed by atoms with Gasteiger partial charge in [0.2, 0.25) is 0 Å². The van der Waals surface area contributed by atoms with E-state index in [0.29, 0.717) is 0 Å². The topological polar surface area (TPSA) is 0 Å². The molecular formula is C52H46P4Rh. The number of rotatable bonds is 14. The van der Waals surface area contributed by atoms with E-state index in [4.69, 9.17) is 0 Å². The van der Waals surface area contributed by atoms with Gasteiger partial charge in [0.05, 0.1) is 0 Å². The summed E-state index contributed by atoms with van der Waals surface area (Å²) in [5, 5.41) is 11.4. The van der Waals surface area contributed by atoms with E-state index in [-0.39, 0.29) is 19.5 Å². The summed E-state index contributed by atoms with van der Waals surface area (Å²) in [5.74, 6) is 0. The first-order valence-corrected chi connectivity index (χ1v) is 24.9. The van der Waals surface area contributed by atoms with Crippen LogP contribution in [0.15, 0.2) is 243 Å². The van der Waals surface area contributed by atoms with Crippen LogP contribution in [0.4, 0.5) is 0 Å². The van der Waals surface area contributed by atoms with E-state index < -0.39 is 31.7 Å². The van der Waals surface area contributed by atoms with Gasteiger partial charge in [0.25, 0.3) is 0 Å². The van der Waals surface area contributed by atoms with Crippen LogP contribution in [0.3, 0.4) is 0 Å². The molecule has 8 aromatic rings. The second kappa shape index (κ2) is 23.5. The summed E-state index contributed by atoms with van der Waals surface area (Å²) in [6.07, 6.45) is 7.31. The Bertz CT molecular complexity index is 1760. The maximum absolute atomic E-state index is 2.58. The van der Waals surface area contributed by atoms with E-state index in [1.807, 2.05) is 0 Å². The van der Waals surface area contributed by atoms with Gasteiger partial charge < -0.3 is 0 Å². The van der Waals surface area contributed by atoms with Crippen LogP contribution >= 0.6 is 31.7 Å². The van der Waals surface area contributed by atoms with Crippen molar-refractivity contribution in [2.75, 3.05) is 12.3 Å². The molecule has 0 aliphatic rings. The summed E-state index contributed by atoms with van der Waals surface area (Å²) in [4.78, 5) is 0. The molecule has 283 valence electrons. The zero-order valence-electron chi connectivity index (χ0n) is 31.8. The number of hydrogen-bond donors (Lipinski definition) is 0. The van der Waals surface area contributed by atoms with E-state index in [9.17, 15) is 0 Å². The summed E-state index contributed by atoms with van der Waals surface area (Å²) in [6, 6.07) is 87.6. The van der Waals surface area contributed by atoms with Crippen molar-refractivity contribution in [2.24, 2.45) is 0 Å². The smallest absolute Gasteiger partial charge is 0.289 e. The molecule has 0 spiro atoms. The molecule has 0 atom stereocenters. The third-order valence-electron chi connectivity index (χ3n) is 9.30. The van der Waals surface area contributed by atoms with Gasteiger partial charge in [0.15, 0.2) is 0 Å². The fraction of sp³-hybridized carbons (Fsp3) is 0.0385. The summed E-state index contributed by atoms with van der Waals surface area (Å²) in [7, 11) is -1.75. The first-order valence-electron chi connectivity index (χ1n) is 19.0. The molecule has 57 heavy (non-hydrogen) atoms. The van der Waals surface area contributed by atoms with E-state index in [1.165, 1.54) is 42.4 Å². The summed E-state index contributed by atoms with van der Waals surface area (Å²) >= 11 is 0. The Balaban J connectivity index is 0.000000189. The summed E-state index contributed by atoms with van der Waals surface area (Å²) < 4.78 is 0. The minimum absolute atomic E-state index is 0. The van der Waals surface area contributed by atoms with Crippen molar-refractivity contribution in [3.63, 3.8) is 0 Å². The van der Waals surface area contributed by atoms with Crippen LogP contribution in [-0.4, -0.2) is 12.3 Å². The van der Waals surface area contributed by atoms with Gasteiger partial charge in [-0.05, 0) is 21.2 Å². The average Bonchev–Trinajstić information content (AvgIpc) is 3.29. The van der Waals surface area contributed by atoms with Gasteiger partial charge in [-0.15, -0.1) is 12.3 Å². The van der Waals surface area contributed by atoms with Gasteiger partial charge in [-0.25, -0.2) is 15.8 Å². The van der Waals surface area contributed by atoms with Crippen LogP contribution in [0.25, 0.3) is 0 Å². The predicted octanol–water partition coefficient (Wildman–Crippen LogP) is 10.8. The third kappa shape index (κ3) is 12.5. The van der Waals surface area contributed by atoms with E-state index in [2.05, 4.69) is 255 Å². The third-order valence-corrected chi connectivity index (χ3v) is 19.2. The first kappa shape index (κ1) is 42.7. The molecule has 5 heteroatoms. The summed E-state index contributed by atoms with van der Waals surface area (Å²) in [5.41, 5.74) is 0. The maximum atomic E-state index is 2.58. The van der Waals surface area contributed by atoms with Crippen molar-refractivity contribution in [3.8, 4) is 0 Å². The molecule has 0 aliphatic carbocycles. The molecule has 0 unspecified atom stereocenters. The molecule has 0 saturated carbocycles. The zero-order valence-corrected chi connectivity index (χ0v) is 37.0. The van der Waals surface area contributed by atoms with Crippen LogP contribution in [0.2, 0.25) is 0 Å². The molecule has 0 heterocycles. The van der Waals surface area contributed by atoms with Crippen molar-refractivity contribution < 1.29 is 19.5 Å². The summed E-state index contributed by atoms with van der Waals surface area (Å²) in [6.45, 7) is 0. The minimum atomic E-state index is -0.473. The second-order valence-corrected chi connectivity index (χ2v) is 21.8. The van der Waals surface area contributed by atoms with Crippen LogP contribution in [0, 0.1) is 12.3 Å². The van der Waals surface area contributed by atoms with E-state index in [1.54, 1.807) is 0 Å². The molecule has 0 bridgehead atoms. The van der Waals surface area contributed by atoms with Crippen LogP contribution in [0.1, 0.15) is 0 Å². The maximum Gasteiger partial charge on any atom is 2.00 e. The Morgan fingerprint density at radius 2 is 0.386 bits per heavy atom. The first-order chi connectivity index (χ1) is 27.8. The molecule has 0 saturated heterocycles. The molecule has 8 rings (SSSR count). The largest absolute Gasteiger partial charge is 2.00 e. The van der Waals surface area contributed by atoms with Gasteiger partial charge in [0, 0.05) is 0 Å². The van der Waals surface area contributed by atoms with Crippen LogP contribution in [0.5, 0.6) is 0 Å². The predicted molar refractivity (Wildman–Crippen MR) is 255 cm³/mol.